The first kappa shape index (κ1) is 32.3. The third-order valence-electron chi connectivity index (χ3n) is 7.41. The molecular weight excluding hydrogens is 638 g/mol. The molecule has 0 aromatic heterocycles. The van der Waals surface area contributed by atoms with E-state index in [1.807, 2.05) is 91.0 Å². The average molecular weight is 668 g/mol. The van der Waals surface area contributed by atoms with Gasteiger partial charge in [-0.1, -0.05) is 103 Å². The molecule has 0 saturated carbocycles. The summed E-state index contributed by atoms with van der Waals surface area (Å²) in [7, 11) is 0. The number of benzene rings is 6. The second-order valence-electron chi connectivity index (χ2n) is 10.9. The number of fused-ring (bicyclic) bond motifs is 1. The van der Waals surface area contributed by atoms with E-state index in [0.29, 0.717) is 21.8 Å². The Morgan fingerprint density at radius 1 is 0.625 bits per heavy atom. The van der Waals surface area contributed by atoms with Crippen LogP contribution in [-0.4, -0.2) is 17.7 Å². The summed E-state index contributed by atoms with van der Waals surface area (Å²) in [5.74, 6) is -1.07. The minimum atomic E-state index is -0.529. The van der Waals surface area contributed by atoms with Crippen LogP contribution < -0.4 is 16.0 Å². The predicted octanol–water partition coefficient (Wildman–Crippen LogP) is 9.37. The van der Waals surface area contributed by atoms with Gasteiger partial charge in [0.1, 0.15) is 10.9 Å². The molecule has 236 valence electrons. The molecule has 8 heteroatoms. The lowest BCUT2D eigenvalue weighted by molar-refractivity contribution is -0.116. The van der Waals surface area contributed by atoms with Gasteiger partial charge in [-0.3, -0.25) is 14.4 Å². The lowest BCUT2D eigenvalue weighted by atomic mass is 10.1. The molecule has 6 aromatic carbocycles. The van der Waals surface area contributed by atoms with Crippen LogP contribution in [0.3, 0.4) is 0 Å². The summed E-state index contributed by atoms with van der Waals surface area (Å²) in [5.41, 5.74) is 3.23. The minimum absolute atomic E-state index is 0.0547. The molecule has 0 aliphatic heterocycles. The number of halogens is 1. The van der Waals surface area contributed by atoms with Gasteiger partial charge in [-0.2, -0.15) is 0 Å². The van der Waals surface area contributed by atoms with Crippen molar-refractivity contribution >= 4 is 69.3 Å². The number of carbonyl (C=O) groups is 3. The van der Waals surface area contributed by atoms with E-state index < -0.39 is 17.1 Å². The van der Waals surface area contributed by atoms with E-state index in [0.717, 1.165) is 26.9 Å². The van der Waals surface area contributed by atoms with Crippen molar-refractivity contribution in [3.8, 4) is 0 Å². The van der Waals surface area contributed by atoms with Crippen molar-refractivity contribution in [3.63, 3.8) is 0 Å². The maximum absolute atomic E-state index is 13.7. The molecule has 0 aliphatic carbocycles. The van der Waals surface area contributed by atoms with Gasteiger partial charge in [0.2, 0.25) is 5.91 Å². The van der Waals surface area contributed by atoms with E-state index in [4.69, 9.17) is 11.6 Å². The Hall–Kier alpha value is -5.63. The summed E-state index contributed by atoms with van der Waals surface area (Å²) in [6.07, 6.45) is 1.57. The summed E-state index contributed by atoms with van der Waals surface area (Å²) in [4.78, 5) is 40.9. The number of amides is 3. The monoisotopic (exact) mass is 667 g/mol. The Kier molecular flexibility index (Phi) is 10.3. The Bertz CT molecular complexity index is 2100. The third kappa shape index (κ3) is 8.39. The fourth-order valence-electron chi connectivity index (χ4n) is 5.03. The molecule has 0 aliphatic rings. The zero-order valence-electron chi connectivity index (χ0n) is 25.6. The van der Waals surface area contributed by atoms with Crippen LogP contribution in [0, 0.1) is 0 Å². The van der Waals surface area contributed by atoms with Gasteiger partial charge in [0, 0.05) is 26.9 Å². The molecular formula is C40H30ClN3O3S. The summed E-state index contributed by atoms with van der Waals surface area (Å²) >= 11 is 7.58. The molecule has 1 unspecified atom stereocenters. The van der Waals surface area contributed by atoms with Crippen molar-refractivity contribution in [2.24, 2.45) is 0 Å². The van der Waals surface area contributed by atoms with E-state index in [1.165, 1.54) is 11.8 Å². The van der Waals surface area contributed by atoms with Gasteiger partial charge in [-0.05, 0) is 88.6 Å². The molecule has 0 spiro atoms. The van der Waals surface area contributed by atoms with Crippen molar-refractivity contribution in [3.05, 3.63) is 179 Å². The highest BCUT2D eigenvalue weighted by atomic mass is 35.5. The van der Waals surface area contributed by atoms with Crippen molar-refractivity contribution in [1.82, 2.24) is 5.32 Å². The van der Waals surface area contributed by atoms with Crippen LogP contribution in [0.2, 0.25) is 5.02 Å². The van der Waals surface area contributed by atoms with Gasteiger partial charge < -0.3 is 16.0 Å². The van der Waals surface area contributed by atoms with Gasteiger partial charge >= 0.3 is 0 Å². The summed E-state index contributed by atoms with van der Waals surface area (Å²) in [6.45, 7) is 0. The van der Waals surface area contributed by atoms with E-state index in [-0.39, 0.29) is 11.6 Å². The Balaban J connectivity index is 1.18. The van der Waals surface area contributed by atoms with Crippen LogP contribution in [0.1, 0.15) is 26.7 Å². The highest BCUT2D eigenvalue weighted by molar-refractivity contribution is 8.00. The molecule has 6 nitrogen and oxygen atoms in total. The first-order valence-electron chi connectivity index (χ1n) is 15.2. The fraction of sp³-hybridized carbons (Fsp3) is 0.0250. The highest BCUT2D eigenvalue weighted by Crippen LogP contribution is 2.37. The molecule has 0 saturated heterocycles. The maximum Gasteiger partial charge on any atom is 0.272 e. The predicted molar refractivity (Wildman–Crippen MR) is 196 cm³/mol. The smallest absolute Gasteiger partial charge is 0.272 e. The number of rotatable bonds is 10. The summed E-state index contributed by atoms with van der Waals surface area (Å²) in [6, 6.07) is 46.4. The summed E-state index contributed by atoms with van der Waals surface area (Å²) in [5, 5.41) is 10.8. The van der Waals surface area contributed by atoms with Gasteiger partial charge in [0.05, 0.1) is 0 Å². The third-order valence-corrected chi connectivity index (χ3v) is 8.91. The number of carbonyl (C=O) groups excluding carboxylic acids is 3. The largest absolute Gasteiger partial charge is 0.325 e. The molecule has 0 bridgehead atoms. The van der Waals surface area contributed by atoms with Crippen LogP contribution in [0.4, 0.5) is 11.4 Å². The molecule has 6 rings (SSSR count). The fourth-order valence-corrected chi connectivity index (χ4v) is 6.26. The van der Waals surface area contributed by atoms with Crippen molar-refractivity contribution in [2.45, 2.75) is 10.1 Å². The minimum Gasteiger partial charge on any atom is -0.325 e. The van der Waals surface area contributed by atoms with Crippen LogP contribution in [0.15, 0.2) is 162 Å². The number of thioether (sulfide) groups is 1. The zero-order chi connectivity index (χ0) is 33.3. The normalized spacial score (nSPS) is 11.8. The summed E-state index contributed by atoms with van der Waals surface area (Å²) < 4.78 is 0. The molecule has 48 heavy (non-hydrogen) atoms. The Morgan fingerprint density at radius 3 is 2.02 bits per heavy atom. The lowest BCUT2D eigenvalue weighted by Crippen LogP contribution is -2.30. The second kappa shape index (κ2) is 15.3. The molecule has 1 atom stereocenters. The van der Waals surface area contributed by atoms with Gasteiger partial charge in [0.15, 0.2) is 0 Å². The van der Waals surface area contributed by atoms with Gasteiger partial charge in [-0.25, -0.2) is 0 Å². The van der Waals surface area contributed by atoms with E-state index >= 15 is 0 Å². The number of anilines is 2. The molecule has 3 amide bonds. The molecule has 0 heterocycles. The van der Waals surface area contributed by atoms with Crippen LogP contribution >= 0.6 is 23.4 Å². The van der Waals surface area contributed by atoms with Crippen molar-refractivity contribution < 1.29 is 14.4 Å². The van der Waals surface area contributed by atoms with Crippen molar-refractivity contribution in [1.29, 1.82) is 0 Å². The quantitative estimate of drug-likeness (QED) is 0.100. The highest BCUT2D eigenvalue weighted by Gasteiger charge is 2.23. The van der Waals surface area contributed by atoms with E-state index in [9.17, 15) is 14.4 Å². The molecule has 6 aromatic rings. The average Bonchev–Trinajstić information content (AvgIpc) is 3.11. The SMILES string of the molecule is O=C(Nc1ccc(SC(C(=O)Nc2ccc3ccccc3c2)c2ccccc2)cc1)/C(=C/c1cccc(Cl)c1)NC(=O)c1ccccc1. The standard InChI is InChI=1S/C40H30ClN3O3S/c41-32-17-9-10-27(24-32)25-36(44-38(45)30-14-5-2-6-15-30)39(46)42-33-20-22-35(23-21-33)48-37(29-12-3-1-4-13-29)40(47)43-34-19-18-28-11-7-8-16-31(28)26-34/h1-26,37H,(H,42,46)(H,43,47)(H,44,45)/b36-25-. The zero-order valence-corrected chi connectivity index (χ0v) is 27.2. The van der Waals surface area contributed by atoms with Crippen LogP contribution in [0.25, 0.3) is 16.8 Å². The van der Waals surface area contributed by atoms with E-state index in [2.05, 4.69) is 16.0 Å². The number of nitrogens with one attached hydrogen (secondary N) is 3. The molecule has 3 N–H and O–H groups in total. The first-order chi connectivity index (χ1) is 23.4. The van der Waals surface area contributed by atoms with Crippen molar-refractivity contribution in [2.75, 3.05) is 10.6 Å². The Labute approximate surface area is 287 Å². The lowest BCUT2D eigenvalue weighted by Gasteiger charge is -2.18. The van der Waals surface area contributed by atoms with Crippen LogP contribution in [0.5, 0.6) is 0 Å². The Morgan fingerprint density at radius 2 is 1.29 bits per heavy atom. The number of hydrogen-bond acceptors (Lipinski definition) is 4. The molecule has 0 fully saturated rings. The van der Waals surface area contributed by atoms with Crippen LogP contribution in [-0.2, 0) is 9.59 Å². The second-order valence-corrected chi connectivity index (χ2v) is 12.5. The van der Waals surface area contributed by atoms with Gasteiger partial charge in [-0.15, -0.1) is 11.8 Å². The molecule has 0 radical (unpaired) electrons. The topological polar surface area (TPSA) is 87.3 Å². The van der Waals surface area contributed by atoms with Gasteiger partial charge in [0.25, 0.3) is 11.8 Å². The van der Waals surface area contributed by atoms with E-state index in [1.54, 1.807) is 66.7 Å². The maximum atomic E-state index is 13.7. The first-order valence-corrected chi connectivity index (χ1v) is 16.4. The number of hydrogen-bond donors (Lipinski definition) is 3.